The number of halogens is 1. The van der Waals surface area contributed by atoms with Crippen LogP contribution in [0.5, 0.6) is 0 Å². The summed E-state index contributed by atoms with van der Waals surface area (Å²) in [5, 5.41) is 11.7. The van der Waals surface area contributed by atoms with Crippen LogP contribution < -0.4 is 5.32 Å². The van der Waals surface area contributed by atoms with Crippen LogP contribution in [-0.2, 0) is 20.9 Å². The number of rotatable bonds is 7. The van der Waals surface area contributed by atoms with Gasteiger partial charge in [-0.15, -0.1) is 0 Å². The van der Waals surface area contributed by atoms with Crippen molar-refractivity contribution in [3.8, 4) is 6.07 Å². The maximum Gasteiger partial charge on any atom is 0.349 e. The Morgan fingerprint density at radius 2 is 2.07 bits per heavy atom. The van der Waals surface area contributed by atoms with Crippen molar-refractivity contribution in [1.82, 2.24) is 4.57 Å². The molecule has 0 aliphatic rings. The Kier molecular flexibility index (Phi) is 7.10. The average molecular weight is 383 g/mol. The van der Waals surface area contributed by atoms with Gasteiger partial charge in [0.1, 0.15) is 17.5 Å². The molecule has 2 rings (SSSR count). The lowest BCUT2D eigenvalue weighted by molar-refractivity contribution is -0.142. The highest BCUT2D eigenvalue weighted by atomic mass is 19.1. The van der Waals surface area contributed by atoms with Gasteiger partial charge in [-0.3, -0.25) is 4.79 Å². The van der Waals surface area contributed by atoms with Crippen LogP contribution in [-0.4, -0.2) is 23.1 Å². The molecule has 6 nitrogen and oxygen atoms in total. The fourth-order valence-corrected chi connectivity index (χ4v) is 2.81. The van der Waals surface area contributed by atoms with Gasteiger partial charge in [0.05, 0.1) is 0 Å². The molecule has 1 heterocycles. The number of aryl methyl sites for hydroxylation is 1. The minimum Gasteiger partial charge on any atom is -0.451 e. The summed E-state index contributed by atoms with van der Waals surface area (Å²) in [5.74, 6) is -2.01. The Hall–Kier alpha value is -3.40. The van der Waals surface area contributed by atoms with Crippen molar-refractivity contribution in [3.63, 3.8) is 0 Å². The van der Waals surface area contributed by atoms with Gasteiger partial charge in [0.15, 0.2) is 6.61 Å². The molecule has 0 aliphatic heterocycles. The maximum absolute atomic E-state index is 13.1. The molecule has 7 heteroatoms. The molecular formula is C21H22FN3O3. The number of benzene rings is 1. The fourth-order valence-electron chi connectivity index (χ4n) is 2.81. The highest BCUT2D eigenvalue weighted by Crippen LogP contribution is 2.19. The highest BCUT2D eigenvalue weighted by Gasteiger charge is 2.15. The number of nitrogens with one attached hydrogen (secondary N) is 1. The van der Waals surface area contributed by atoms with E-state index in [0.717, 1.165) is 36.0 Å². The van der Waals surface area contributed by atoms with Crippen molar-refractivity contribution >= 4 is 23.6 Å². The van der Waals surface area contributed by atoms with Gasteiger partial charge in [0.25, 0.3) is 5.91 Å². The number of aromatic nitrogens is 1. The summed E-state index contributed by atoms with van der Waals surface area (Å²) in [7, 11) is 0. The minimum absolute atomic E-state index is 0.199. The molecule has 1 aromatic carbocycles. The van der Waals surface area contributed by atoms with Crippen molar-refractivity contribution < 1.29 is 18.7 Å². The molecule has 1 N–H and O–H groups in total. The summed E-state index contributed by atoms with van der Waals surface area (Å²) in [6, 6.07) is 9.06. The Labute approximate surface area is 163 Å². The number of hydrogen-bond acceptors (Lipinski definition) is 4. The first kappa shape index (κ1) is 20.9. The lowest BCUT2D eigenvalue weighted by Crippen LogP contribution is -2.21. The molecule has 0 fully saturated rings. The van der Waals surface area contributed by atoms with Crippen LogP contribution in [0.1, 0.15) is 30.3 Å². The summed E-state index contributed by atoms with van der Waals surface area (Å²) >= 11 is 0. The van der Waals surface area contributed by atoms with Gasteiger partial charge in [-0.2, -0.15) is 5.26 Å². The van der Waals surface area contributed by atoms with Gasteiger partial charge < -0.3 is 14.6 Å². The summed E-state index contributed by atoms with van der Waals surface area (Å²) < 4.78 is 20.1. The van der Waals surface area contributed by atoms with Crippen LogP contribution in [0.2, 0.25) is 0 Å². The number of carbonyl (C=O) groups excluding carboxylic acids is 2. The van der Waals surface area contributed by atoms with Crippen molar-refractivity contribution in [2.45, 2.75) is 33.7 Å². The lowest BCUT2D eigenvalue weighted by Gasteiger charge is -2.07. The molecule has 0 unspecified atom stereocenters. The molecule has 0 saturated carbocycles. The van der Waals surface area contributed by atoms with E-state index >= 15 is 0 Å². The third-order valence-electron chi connectivity index (χ3n) is 4.14. The summed E-state index contributed by atoms with van der Waals surface area (Å²) in [6.45, 7) is 6.21. The molecule has 0 atom stereocenters. The Morgan fingerprint density at radius 3 is 2.71 bits per heavy atom. The third-order valence-corrected chi connectivity index (χ3v) is 4.14. The number of carbonyl (C=O) groups is 2. The number of amides is 1. The number of esters is 1. The summed E-state index contributed by atoms with van der Waals surface area (Å²) in [4.78, 5) is 24.0. The predicted molar refractivity (Wildman–Crippen MR) is 104 cm³/mol. The second-order valence-electron chi connectivity index (χ2n) is 6.28. The second-order valence-corrected chi connectivity index (χ2v) is 6.28. The number of nitrogens with zero attached hydrogens (tertiary/aromatic N) is 2. The molecule has 146 valence electrons. The van der Waals surface area contributed by atoms with E-state index in [1.165, 1.54) is 24.3 Å². The zero-order valence-electron chi connectivity index (χ0n) is 16.1. The van der Waals surface area contributed by atoms with E-state index in [0.29, 0.717) is 0 Å². The van der Waals surface area contributed by atoms with Gasteiger partial charge in [0.2, 0.25) is 0 Å². The van der Waals surface area contributed by atoms with E-state index in [2.05, 4.69) is 16.8 Å². The summed E-state index contributed by atoms with van der Waals surface area (Å²) in [5.41, 5.74) is 2.79. The van der Waals surface area contributed by atoms with E-state index in [4.69, 9.17) is 4.74 Å². The van der Waals surface area contributed by atoms with Gasteiger partial charge in [-0.25, -0.2) is 9.18 Å². The number of nitriles is 1. The molecule has 0 aliphatic carbocycles. The van der Waals surface area contributed by atoms with Crippen LogP contribution in [0.25, 0.3) is 6.08 Å². The van der Waals surface area contributed by atoms with Gasteiger partial charge in [-0.1, -0.05) is 13.0 Å². The van der Waals surface area contributed by atoms with E-state index < -0.39 is 24.3 Å². The predicted octanol–water partition coefficient (Wildman–Crippen LogP) is 3.74. The van der Waals surface area contributed by atoms with Crippen molar-refractivity contribution in [2.75, 3.05) is 11.9 Å². The molecule has 2 aromatic rings. The van der Waals surface area contributed by atoms with Crippen molar-refractivity contribution in [2.24, 2.45) is 0 Å². The lowest BCUT2D eigenvalue weighted by atomic mass is 10.1. The molecule has 1 aromatic heterocycles. The van der Waals surface area contributed by atoms with E-state index in [1.807, 2.05) is 26.0 Å². The number of anilines is 1. The molecule has 0 radical (unpaired) electrons. The van der Waals surface area contributed by atoms with Crippen LogP contribution >= 0.6 is 0 Å². The average Bonchev–Trinajstić information content (AvgIpc) is 2.92. The van der Waals surface area contributed by atoms with Gasteiger partial charge in [-0.05, 0) is 56.2 Å². The SMILES string of the molecule is CCCn1c(C)cc(/C=C(\C#N)C(=O)OCC(=O)Nc2cccc(F)c2)c1C. The van der Waals surface area contributed by atoms with Crippen LogP contribution in [0.15, 0.2) is 35.9 Å². The quantitative estimate of drug-likeness (QED) is 0.448. The Morgan fingerprint density at radius 1 is 1.32 bits per heavy atom. The topological polar surface area (TPSA) is 84.1 Å². The number of hydrogen-bond donors (Lipinski definition) is 1. The number of ether oxygens (including phenoxy) is 1. The maximum atomic E-state index is 13.1. The summed E-state index contributed by atoms with van der Waals surface area (Å²) in [6.07, 6.45) is 2.42. The Balaban J connectivity index is 2.03. The van der Waals surface area contributed by atoms with Gasteiger partial charge >= 0.3 is 5.97 Å². The second kappa shape index (κ2) is 9.51. The molecule has 28 heavy (non-hydrogen) atoms. The zero-order valence-corrected chi connectivity index (χ0v) is 16.1. The van der Waals surface area contributed by atoms with Crippen LogP contribution in [0.4, 0.5) is 10.1 Å². The zero-order chi connectivity index (χ0) is 20.7. The smallest absolute Gasteiger partial charge is 0.349 e. The monoisotopic (exact) mass is 383 g/mol. The van der Waals surface area contributed by atoms with E-state index in [1.54, 1.807) is 0 Å². The molecule has 1 amide bonds. The van der Waals surface area contributed by atoms with Crippen LogP contribution in [0.3, 0.4) is 0 Å². The molecule has 0 saturated heterocycles. The molecular weight excluding hydrogens is 361 g/mol. The first-order valence-corrected chi connectivity index (χ1v) is 8.86. The van der Waals surface area contributed by atoms with Crippen LogP contribution in [0, 0.1) is 31.0 Å². The fraction of sp³-hybridized carbons (Fsp3) is 0.286. The largest absolute Gasteiger partial charge is 0.451 e. The first-order valence-electron chi connectivity index (χ1n) is 8.86. The van der Waals surface area contributed by atoms with Gasteiger partial charge in [0, 0.05) is 23.6 Å². The van der Waals surface area contributed by atoms with Crippen molar-refractivity contribution in [3.05, 3.63) is 58.7 Å². The molecule has 0 spiro atoms. The molecule has 0 bridgehead atoms. The minimum atomic E-state index is -0.891. The van der Waals surface area contributed by atoms with E-state index in [-0.39, 0.29) is 11.3 Å². The van der Waals surface area contributed by atoms with Crippen molar-refractivity contribution in [1.29, 1.82) is 5.26 Å². The standard InChI is InChI=1S/C21H22FN3O3/c1-4-8-25-14(2)9-16(15(25)3)10-17(12-23)21(27)28-13-20(26)24-19-7-5-6-18(22)11-19/h5-7,9-11H,4,8,13H2,1-3H3,(H,24,26)/b17-10+. The highest BCUT2D eigenvalue weighted by molar-refractivity contribution is 6.00. The van der Waals surface area contributed by atoms with E-state index in [9.17, 15) is 19.2 Å². The Bertz CT molecular complexity index is 954. The first-order chi connectivity index (χ1) is 13.3. The normalized spacial score (nSPS) is 11.0. The third kappa shape index (κ3) is 5.30.